The van der Waals surface area contributed by atoms with Gasteiger partial charge in [-0.3, -0.25) is 4.68 Å². The zero-order chi connectivity index (χ0) is 12.3. The van der Waals surface area contributed by atoms with Crippen molar-refractivity contribution in [2.75, 3.05) is 0 Å². The Morgan fingerprint density at radius 1 is 1.41 bits per heavy atom. The smallest absolute Gasteiger partial charge is 0.133 e. The summed E-state index contributed by atoms with van der Waals surface area (Å²) in [6.07, 6.45) is 5.61. The molecular weight excluding hydrogens is 256 g/mol. The molecule has 0 saturated carbocycles. The van der Waals surface area contributed by atoms with Crippen molar-refractivity contribution in [2.24, 2.45) is 7.05 Å². The first-order chi connectivity index (χ1) is 8.17. The molecule has 0 spiro atoms. The molecule has 90 valence electrons. The van der Waals surface area contributed by atoms with Gasteiger partial charge in [-0.15, -0.1) is 0 Å². The summed E-state index contributed by atoms with van der Waals surface area (Å²) in [7, 11) is 1.89. The molecule has 0 saturated heterocycles. The zero-order valence-electron chi connectivity index (χ0n) is 9.72. The molecule has 17 heavy (non-hydrogen) atoms. The van der Waals surface area contributed by atoms with Gasteiger partial charge in [-0.2, -0.15) is 5.10 Å². The molecule has 0 radical (unpaired) electrons. The molecule has 0 aliphatic carbocycles. The van der Waals surface area contributed by atoms with Gasteiger partial charge in [-0.1, -0.05) is 30.3 Å². The molecule has 0 aliphatic heterocycles. The van der Waals surface area contributed by atoms with Crippen molar-refractivity contribution < 1.29 is 0 Å². The molecule has 0 N–H and O–H groups in total. The number of hydrogen-bond acceptors (Lipinski definition) is 4. The SMILES string of the molecule is CCCc1nc(Cl)cc(Sc2cnn(C)c2)n1. The van der Waals surface area contributed by atoms with Gasteiger partial charge >= 0.3 is 0 Å². The van der Waals surface area contributed by atoms with E-state index >= 15 is 0 Å². The molecule has 0 atom stereocenters. The predicted octanol–water partition coefficient (Wildman–Crippen LogP) is 2.97. The lowest BCUT2D eigenvalue weighted by atomic mass is 10.3. The average Bonchev–Trinajstić information content (AvgIpc) is 2.63. The molecule has 0 aliphatic rings. The molecule has 2 aromatic heterocycles. The molecule has 2 aromatic rings. The van der Waals surface area contributed by atoms with Crippen LogP contribution in [0.4, 0.5) is 0 Å². The van der Waals surface area contributed by atoms with Crippen molar-refractivity contribution in [1.29, 1.82) is 0 Å². The van der Waals surface area contributed by atoms with Gasteiger partial charge in [0.25, 0.3) is 0 Å². The Morgan fingerprint density at radius 2 is 2.24 bits per heavy atom. The second-order valence-corrected chi connectivity index (χ2v) is 5.13. The highest BCUT2D eigenvalue weighted by Gasteiger charge is 2.06. The largest absolute Gasteiger partial charge is 0.275 e. The van der Waals surface area contributed by atoms with Crippen molar-refractivity contribution >= 4 is 23.4 Å². The lowest BCUT2D eigenvalue weighted by Crippen LogP contribution is -1.95. The van der Waals surface area contributed by atoms with Gasteiger partial charge in [-0.25, -0.2) is 9.97 Å². The third kappa shape index (κ3) is 3.44. The standard InChI is InChI=1S/C11H13ClN4S/c1-3-4-10-14-9(12)5-11(15-10)17-8-6-13-16(2)7-8/h5-7H,3-4H2,1-2H3. The molecule has 0 unspecified atom stereocenters. The lowest BCUT2D eigenvalue weighted by molar-refractivity contribution is 0.766. The minimum Gasteiger partial charge on any atom is -0.275 e. The summed E-state index contributed by atoms with van der Waals surface area (Å²) in [6.45, 7) is 2.10. The highest BCUT2D eigenvalue weighted by atomic mass is 35.5. The fourth-order valence-electron chi connectivity index (χ4n) is 1.40. The number of nitrogens with zero attached hydrogens (tertiary/aromatic N) is 4. The van der Waals surface area contributed by atoms with Crippen LogP contribution in [0.2, 0.25) is 5.15 Å². The van der Waals surface area contributed by atoms with Gasteiger partial charge in [0.1, 0.15) is 16.0 Å². The first-order valence-corrected chi connectivity index (χ1v) is 6.57. The van der Waals surface area contributed by atoms with Crippen LogP contribution in [0.15, 0.2) is 28.4 Å². The summed E-state index contributed by atoms with van der Waals surface area (Å²) in [5.74, 6) is 0.798. The van der Waals surface area contributed by atoms with Gasteiger partial charge in [0.2, 0.25) is 0 Å². The molecule has 2 heterocycles. The van der Waals surface area contributed by atoms with E-state index in [2.05, 4.69) is 22.0 Å². The van der Waals surface area contributed by atoms with Crippen molar-refractivity contribution in [1.82, 2.24) is 19.7 Å². The minimum atomic E-state index is 0.495. The van der Waals surface area contributed by atoms with Crippen LogP contribution in [-0.2, 0) is 13.5 Å². The number of halogens is 1. The van der Waals surface area contributed by atoms with E-state index in [4.69, 9.17) is 11.6 Å². The molecular formula is C11H13ClN4S. The summed E-state index contributed by atoms with van der Waals surface area (Å²) in [5, 5.41) is 5.47. The Balaban J connectivity index is 2.20. The number of hydrogen-bond donors (Lipinski definition) is 0. The predicted molar refractivity (Wildman–Crippen MR) is 68.4 cm³/mol. The monoisotopic (exact) mass is 268 g/mol. The Hall–Kier alpha value is -1.07. The van der Waals surface area contributed by atoms with E-state index in [9.17, 15) is 0 Å². The lowest BCUT2D eigenvalue weighted by Gasteiger charge is -2.02. The van der Waals surface area contributed by atoms with Gasteiger partial charge in [0, 0.05) is 25.7 Å². The van der Waals surface area contributed by atoms with E-state index in [0.717, 1.165) is 28.6 Å². The van der Waals surface area contributed by atoms with Crippen LogP contribution in [0.3, 0.4) is 0 Å². The first kappa shape index (κ1) is 12.4. The summed E-state index contributed by atoms with van der Waals surface area (Å²) in [5.41, 5.74) is 0. The number of aromatic nitrogens is 4. The van der Waals surface area contributed by atoms with E-state index in [0.29, 0.717) is 5.15 Å². The van der Waals surface area contributed by atoms with Gasteiger partial charge < -0.3 is 0 Å². The van der Waals surface area contributed by atoms with E-state index in [-0.39, 0.29) is 0 Å². The quantitative estimate of drug-likeness (QED) is 0.800. The van der Waals surface area contributed by atoms with Crippen molar-refractivity contribution in [3.8, 4) is 0 Å². The number of rotatable bonds is 4. The van der Waals surface area contributed by atoms with Crippen LogP contribution in [-0.4, -0.2) is 19.7 Å². The maximum atomic E-state index is 5.97. The van der Waals surface area contributed by atoms with Gasteiger partial charge in [-0.05, 0) is 6.42 Å². The Kier molecular flexibility index (Phi) is 4.02. The third-order valence-corrected chi connectivity index (χ3v) is 3.15. The van der Waals surface area contributed by atoms with Crippen LogP contribution >= 0.6 is 23.4 Å². The van der Waals surface area contributed by atoms with E-state index in [1.165, 1.54) is 0 Å². The number of aryl methyl sites for hydroxylation is 2. The topological polar surface area (TPSA) is 43.6 Å². The van der Waals surface area contributed by atoms with Crippen molar-refractivity contribution in [3.05, 3.63) is 29.4 Å². The Bertz CT molecular complexity index is 512. The summed E-state index contributed by atoms with van der Waals surface area (Å²) in [4.78, 5) is 9.69. The molecule has 0 amide bonds. The highest BCUT2D eigenvalue weighted by Crippen LogP contribution is 2.26. The fourth-order valence-corrected chi connectivity index (χ4v) is 2.54. The van der Waals surface area contributed by atoms with Crippen LogP contribution in [0.25, 0.3) is 0 Å². The van der Waals surface area contributed by atoms with E-state index < -0.39 is 0 Å². The second kappa shape index (κ2) is 5.51. The zero-order valence-corrected chi connectivity index (χ0v) is 11.3. The molecule has 0 fully saturated rings. The Labute approximate surface area is 109 Å². The second-order valence-electron chi connectivity index (χ2n) is 3.65. The third-order valence-electron chi connectivity index (χ3n) is 2.09. The molecule has 2 rings (SSSR count). The average molecular weight is 269 g/mol. The Morgan fingerprint density at radius 3 is 2.88 bits per heavy atom. The maximum absolute atomic E-state index is 5.97. The maximum Gasteiger partial charge on any atom is 0.133 e. The first-order valence-electron chi connectivity index (χ1n) is 5.37. The summed E-state index contributed by atoms with van der Waals surface area (Å²) in [6, 6.07) is 1.78. The van der Waals surface area contributed by atoms with Gasteiger partial charge in [0.05, 0.1) is 11.1 Å². The van der Waals surface area contributed by atoms with E-state index in [1.807, 2.05) is 13.2 Å². The highest BCUT2D eigenvalue weighted by molar-refractivity contribution is 7.99. The fraction of sp³-hybridized carbons (Fsp3) is 0.364. The molecule has 4 nitrogen and oxygen atoms in total. The van der Waals surface area contributed by atoms with Crippen LogP contribution in [0.5, 0.6) is 0 Å². The molecule has 0 aromatic carbocycles. The summed E-state index contributed by atoms with van der Waals surface area (Å²) >= 11 is 7.52. The molecule has 0 bridgehead atoms. The van der Waals surface area contributed by atoms with Crippen molar-refractivity contribution in [3.63, 3.8) is 0 Å². The summed E-state index contributed by atoms with van der Waals surface area (Å²) < 4.78 is 1.76. The van der Waals surface area contributed by atoms with Crippen molar-refractivity contribution in [2.45, 2.75) is 29.7 Å². The van der Waals surface area contributed by atoms with Gasteiger partial charge in [0.15, 0.2) is 0 Å². The van der Waals surface area contributed by atoms with Crippen LogP contribution < -0.4 is 0 Å². The van der Waals surface area contributed by atoms with Crippen LogP contribution in [0.1, 0.15) is 19.2 Å². The minimum absolute atomic E-state index is 0.495. The normalized spacial score (nSPS) is 10.8. The van der Waals surface area contributed by atoms with Crippen LogP contribution in [0, 0.1) is 0 Å². The van der Waals surface area contributed by atoms with E-state index in [1.54, 1.807) is 28.7 Å². The molecule has 6 heteroatoms.